The lowest BCUT2D eigenvalue weighted by Gasteiger charge is -2.31. The van der Waals surface area contributed by atoms with Crippen LogP contribution >= 0.6 is 0 Å². The van der Waals surface area contributed by atoms with E-state index in [1.54, 1.807) is 18.2 Å². The summed E-state index contributed by atoms with van der Waals surface area (Å²) in [5.41, 5.74) is 0.479. The van der Waals surface area contributed by atoms with E-state index in [0.29, 0.717) is 44.1 Å². The fourth-order valence-corrected chi connectivity index (χ4v) is 5.73. The second kappa shape index (κ2) is 9.20. The Bertz CT molecular complexity index is 1260. The Balaban J connectivity index is 1.46. The molecule has 12 heteroatoms. The van der Waals surface area contributed by atoms with E-state index in [2.05, 4.69) is 10.0 Å². The van der Waals surface area contributed by atoms with Crippen molar-refractivity contribution in [1.82, 2.24) is 9.62 Å². The van der Waals surface area contributed by atoms with Gasteiger partial charge in [0.25, 0.3) is 15.9 Å². The molecule has 178 valence electrons. The van der Waals surface area contributed by atoms with Crippen molar-refractivity contribution < 1.29 is 31.1 Å². The number of benzene rings is 2. The van der Waals surface area contributed by atoms with Crippen LogP contribution < -0.4 is 19.5 Å². The zero-order valence-electron chi connectivity index (χ0n) is 18.0. The summed E-state index contributed by atoms with van der Waals surface area (Å²) in [7, 11) is -7.26. The van der Waals surface area contributed by atoms with Crippen molar-refractivity contribution in [1.29, 1.82) is 0 Å². The van der Waals surface area contributed by atoms with Crippen LogP contribution in [0.1, 0.15) is 23.2 Å². The van der Waals surface area contributed by atoms with Crippen LogP contribution in [0.25, 0.3) is 0 Å². The molecule has 2 aromatic carbocycles. The fourth-order valence-electron chi connectivity index (χ4n) is 3.76. The van der Waals surface area contributed by atoms with E-state index in [1.807, 2.05) is 0 Å². The van der Waals surface area contributed by atoms with E-state index < -0.39 is 26.0 Å². The predicted molar refractivity (Wildman–Crippen MR) is 122 cm³/mol. The van der Waals surface area contributed by atoms with Gasteiger partial charge in [-0.2, -0.15) is 0 Å². The van der Waals surface area contributed by atoms with Crippen molar-refractivity contribution in [3.05, 3.63) is 48.0 Å². The lowest BCUT2D eigenvalue weighted by molar-refractivity contribution is 0.0921. The molecule has 1 unspecified atom stereocenters. The molecule has 2 aliphatic heterocycles. The van der Waals surface area contributed by atoms with Gasteiger partial charge in [-0.1, -0.05) is 6.07 Å². The summed E-state index contributed by atoms with van der Waals surface area (Å²) in [6.07, 6.45) is 2.45. The zero-order valence-corrected chi connectivity index (χ0v) is 19.6. The summed E-state index contributed by atoms with van der Waals surface area (Å²) in [4.78, 5) is 12.7. The lowest BCUT2D eigenvalue weighted by Crippen LogP contribution is -2.49. The molecule has 4 rings (SSSR count). The molecule has 2 heterocycles. The molecule has 1 saturated heterocycles. The first-order chi connectivity index (χ1) is 15.6. The average Bonchev–Trinajstić information content (AvgIpc) is 2.78. The number of ether oxygens (including phenoxy) is 2. The van der Waals surface area contributed by atoms with E-state index in [1.165, 1.54) is 28.6 Å². The van der Waals surface area contributed by atoms with Gasteiger partial charge in [0.1, 0.15) is 13.2 Å². The molecular formula is C21H25N3O7S2. The number of hydrogen-bond donors (Lipinski definition) is 2. The molecule has 0 bridgehead atoms. The molecule has 2 aliphatic rings. The molecule has 1 amide bonds. The molecule has 0 aromatic heterocycles. The van der Waals surface area contributed by atoms with Crippen molar-refractivity contribution >= 4 is 31.6 Å². The largest absolute Gasteiger partial charge is 0.486 e. The number of anilines is 1. The maximum absolute atomic E-state index is 12.8. The minimum Gasteiger partial charge on any atom is -0.486 e. The van der Waals surface area contributed by atoms with E-state index in [0.717, 1.165) is 6.26 Å². The first-order valence-corrected chi connectivity index (χ1v) is 13.7. The first-order valence-electron chi connectivity index (χ1n) is 10.4. The third kappa shape index (κ3) is 5.57. The van der Waals surface area contributed by atoms with Gasteiger partial charge in [-0.15, -0.1) is 0 Å². The second-order valence-corrected chi connectivity index (χ2v) is 11.6. The zero-order chi connectivity index (χ0) is 23.6. The van der Waals surface area contributed by atoms with Crippen LogP contribution in [-0.4, -0.2) is 65.6 Å². The maximum atomic E-state index is 12.8. The summed E-state index contributed by atoms with van der Waals surface area (Å²) < 4.78 is 64.0. The Morgan fingerprint density at radius 2 is 1.79 bits per heavy atom. The molecule has 10 nitrogen and oxygen atoms in total. The summed E-state index contributed by atoms with van der Waals surface area (Å²) in [6.45, 7) is 1.38. The second-order valence-electron chi connectivity index (χ2n) is 7.93. The number of nitrogens with zero attached hydrogens (tertiary/aromatic N) is 1. The Morgan fingerprint density at radius 3 is 2.55 bits per heavy atom. The van der Waals surface area contributed by atoms with Gasteiger partial charge < -0.3 is 14.8 Å². The van der Waals surface area contributed by atoms with E-state index in [4.69, 9.17) is 9.47 Å². The third-order valence-corrected chi connectivity index (χ3v) is 8.04. The number of fused-ring (bicyclic) bond motifs is 1. The molecule has 1 fully saturated rings. The lowest BCUT2D eigenvalue weighted by atomic mass is 10.1. The highest BCUT2D eigenvalue weighted by atomic mass is 32.2. The minimum atomic E-state index is -3.93. The van der Waals surface area contributed by atoms with Crippen LogP contribution in [0.2, 0.25) is 0 Å². The van der Waals surface area contributed by atoms with E-state index >= 15 is 0 Å². The maximum Gasteiger partial charge on any atom is 0.262 e. The fraction of sp³-hybridized carbons (Fsp3) is 0.381. The SMILES string of the molecule is CS(=O)(=O)N1CCCC(NC(=O)c2cccc(NS(=O)(=O)c3ccc4c(c3)OCCO4)c2)C1. The summed E-state index contributed by atoms with van der Waals surface area (Å²) in [6, 6.07) is 10.1. The Hall–Kier alpha value is -2.83. The van der Waals surface area contributed by atoms with Crippen LogP contribution in [0.4, 0.5) is 5.69 Å². The number of nitrogens with one attached hydrogen (secondary N) is 2. The highest BCUT2D eigenvalue weighted by Gasteiger charge is 2.27. The Morgan fingerprint density at radius 1 is 1.03 bits per heavy atom. The van der Waals surface area contributed by atoms with Crippen LogP contribution in [0.3, 0.4) is 0 Å². The van der Waals surface area contributed by atoms with Crippen molar-refractivity contribution in [3.63, 3.8) is 0 Å². The van der Waals surface area contributed by atoms with Crippen LogP contribution in [0.15, 0.2) is 47.4 Å². The average molecular weight is 496 g/mol. The van der Waals surface area contributed by atoms with Gasteiger partial charge in [-0.3, -0.25) is 9.52 Å². The molecule has 2 N–H and O–H groups in total. The quantitative estimate of drug-likeness (QED) is 0.619. The summed E-state index contributed by atoms with van der Waals surface area (Å²) >= 11 is 0. The number of hydrogen-bond acceptors (Lipinski definition) is 7. The minimum absolute atomic E-state index is 0.00433. The van der Waals surface area contributed by atoms with Crippen molar-refractivity contribution in [2.75, 3.05) is 37.3 Å². The van der Waals surface area contributed by atoms with Crippen LogP contribution in [0.5, 0.6) is 11.5 Å². The highest BCUT2D eigenvalue weighted by Crippen LogP contribution is 2.32. The number of carbonyl (C=O) groups excluding carboxylic acids is 1. The molecular weight excluding hydrogens is 470 g/mol. The van der Waals surface area contributed by atoms with Gasteiger partial charge in [0, 0.05) is 36.4 Å². The van der Waals surface area contributed by atoms with Crippen molar-refractivity contribution in [3.8, 4) is 11.5 Å². The van der Waals surface area contributed by atoms with Crippen LogP contribution in [-0.2, 0) is 20.0 Å². The molecule has 0 radical (unpaired) electrons. The number of amides is 1. The standard InChI is InChI=1S/C21H25N3O7S2/c1-32(26,27)24-9-3-6-17(14-24)22-21(25)15-4-2-5-16(12-15)23-33(28,29)18-7-8-19-20(13-18)31-11-10-30-19/h2,4-5,7-8,12-13,17,23H,3,6,9-11,14H2,1H3,(H,22,25). The van der Waals surface area contributed by atoms with Crippen molar-refractivity contribution in [2.45, 2.75) is 23.8 Å². The number of carbonyl (C=O) groups is 1. The molecule has 33 heavy (non-hydrogen) atoms. The number of sulfonamides is 2. The summed E-state index contributed by atoms with van der Waals surface area (Å²) in [5.74, 6) is 0.430. The van der Waals surface area contributed by atoms with Gasteiger partial charge in [0.05, 0.1) is 11.2 Å². The van der Waals surface area contributed by atoms with Gasteiger partial charge >= 0.3 is 0 Å². The van der Waals surface area contributed by atoms with E-state index in [-0.39, 0.29) is 28.7 Å². The smallest absolute Gasteiger partial charge is 0.262 e. The highest BCUT2D eigenvalue weighted by molar-refractivity contribution is 7.92. The Labute approximate surface area is 193 Å². The third-order valence-electron chi connectivity index (χ3n) is 5.39. The van der Waals surface area contributed by atoms with Gasteiger partial charge in [-0.05, 0) is 43.2 Å². The van der Waals surface area contributed by atoms with Crippen molar-refractivity contribution in [2.24, 2.45) is 0 Å². The monoisotopic (exact) mass is 495 g/mol. The molecule has 2 aromatic rings. The molecule has 0 aliphatic carbocycles. The number of rotatable bonds is 6. The summed E-state index contributed by atoms with van der Waals surface area (Å²) in [5, 5.41) is 2.84. The van der Waals surface area contributed by atoms with E-state index in [9.17, 15) is 21.6 Å². The van der Waals surface area contributed by atoms with Crippen LogP contribution in [0, 0.1) is 0 Å². The molecule has 0 saturated carbocycles. The number of piperidine rings is 1. The molecule has 0 spiro atoms. The topological polar surface area (TPSA) is 131 Å². The van der Waals surface area contributed by atoms with Gasteiger partial charge in [-0.25, -0.2) is 21.1 Å². The molecule has 1 atom stereocenters. The Kier molecular flexibility index (Phi) is 6.50. The predicted octanol–water partition coefficient (Wildman–Crippen LogP) is 1.41. The van der Waals surface area contributed by atoms with Gasteiger partial charge in [0.15, 0.2) is 11.5 Å². The normalized spacial score (nSPS) is 19.0. The first kappa shape index (κ1) is 23.3. The van der Waals surface area contributed by atoms with Gasteiger partial charge in [0.2, 0.25) is 10.0 Å².